The first-order valence-corrected chi connectivity index (χ1v) is 8.22. The van der Waals surface area contributed by atoms with Gasteiger partial charge < -0.3 is 14.0 Å². The molecular formula is C14H17N3O4S. The summed E-state index contributed by atoms with van der Waals surface area (Å²) in [6, 6.07) is 4.69. The van der Waals surface area contributed by atoms with E-state index >= 15 is 0 Å². The van der Waals surface area contributed by atoms with E-state index in [0.29, 0.717) is 18.8 Å². The molecule has 22 heavy (non-hydrogen) atoms. The maximum atomic E-state index is 12.9. The summed E-state index contributed by atoms with van der Waals surface area (Å²) >= 11 is 0. The minimum absolute atomic E-state index is 0.135. The van der Waals surface area contributed by atoms with Crippen LogP contribution in [0.3, 0.4) is 0 Å². The van der Waals surface area contributed by atoms with E-state index in [1.807, 2.05) is 10.8 Å². The second kappa shape index (κ2) is 5.62. The van der Waals surface area contributed by atoms with Crippen LogP contribution in [0.5, 0.6) is 11.5 Å². The molecule has 0 amide bonds. The van der Waals surface area contributed by atoms with E-state index in [1.54, 1.807) is 18.3 Å². The third-order valence-electron chi connectivity index (χ3n) is 3.70. The Balaban J connectivity index is 1.97. The van der Waals surface area contributed by atoms with Crippen LogP contribution in [0.25, 0.3) is 0 Å². The van der Waals surface area contributed by atoms with Crippen LogP contribution in [0.2, 0.25) is 0 Å². The highest BCUT2D eigenvalue weighted by atomic mass is 32.2. The monoisotopic (exact) mass is 323 g/mol. The molecule has 0 unspecified atom stereocenters. The Labute approximate surface area is 129 Å². The summed E-state index contributed by atoms with van der Waals surface area (Å²) in [5.41, 5.74) is 0. The molecule has 0 bridgehead atoms. The summed E-state index contributed by atoms with van der Waals surface area (Å²) in [7, 11) is -0.689. The van der Waals surface area contributed by atoms with Crippen molar-refractivity contribution in [3.63, 3.8) is 0 Å². The van der Waals surface area contributed by atoms with Gasteiger partial charge in [-0.05, 0) is 12.1 Å². The summed E-state index contributed by atoms with van der Waals surface area (Å²) in [4.78, 5) is 4.32. The van der Waals surface area contributed by atoms with Gasteiger partial charge in [0.15, 0.2) is 0 Å². The fourth-order valence-corrected chi connectivity index (χ4v) is 4.01. The molecular weight excluding hydrogens is 306 g/mol. The lowest BCUT2D eigenvalue weighted by atomic mass is 10.3. The first kappa shape index (κ1) is 14.9. The minimum Gasteiger partial charge on any atom is -0.497 e. The number of ether oxygens (including phenoxy) is 2. The van der Waals surface area contributed by atoms with Crippen molar-refractivity contribution in [2.75, 3.05) is 20.8 Å². The third kappa shape index (κ3) is 2.44. The fourth-order valence-electron chi connectivity index (χ4n) is 2.48. The van der Waals surface area contributed by atoms with Crippen LogP contribution in [-0.2, 0) is 23.1 Å². The number of fused-ring (bicyclic) bond motifs is 1. The molecule has 2 heterocycles. The van der Waals surface area contributed by atoms with Gasteiger partial charge in [0, 0.05) is 31.5 Å². The first-order chi connectivity index (χ1) is 10.6. The van der Waals surface area contributed by atoms with Crippen molar-refractivity contribution >= 4 is 10.0 Å². The van der Waals surface area contributed by atoms with E-state index in [9.17, 15) is 8.42 Å². The summed E-state index contributed by atoms with van der Waals surface area (Å²) in [6.07, 6.45) is 3.53. The van der Waals surface area contributed by atoms with Gasteiger partial charge in [0.25, 0.3) is 0 Å². The van der Waals surface area contributed by atoms with Crippen LogP contribution < -0.4 is 9.47 Å². The average molecular weight is 323 g/mol. The molecule has 0 N–H and O–H groups in total. The number of hydrogen-bond acceptors (Lipinski definition) is 5. The number of benzene rings is 1. The van der Waals surface area contributed by atoms with E-state index in [2.05, 4.69) is 4.98 Å². The summed E-state index contributed by atoms with van der Waals surface area (Å²) in [5.74, 6) is 1.56. The van der Waals surface area contributed by atoms with Gasteiger partial charge in [0.1, 0.15) is 22.2 Å². The number of aromatic nitrogens is 2. The zero-order chi connectivity index (χ0) is 15.7. The molecule has 0 saturated heterocycles. The number of rotatable bonds is 4. The predicted octanol–water partition coefficient (Wildman–Crippen LogP) is 1.10. The zero-order valence-corrected chi connectivity index (χ0v) is 13.2. The molecule has 2 aromatic rings. The van der Waals surface area contributed by atoms with Gasteiger partial charge in [-0.2, -0.15) is 4.31 Å². The van der Waals surface area contributed by atoms with Crippen molar-refractivity contribution in [1.29, 1.82) is 0 Å². The number of methoxy groups -OCH3 is 2. The van der Waals surface area contributed by atoms with Crippen LogP contribution in [0.4, 0.5) is 0 Å². The quantitative estimate of drug-likeness (QED) is 0.842. The van der Waals surface area contributed by atoms with Crippen molar-refractivity contribution in [2.24, 2.45) is 0 Å². The molecule has 8 heteroatoms. The molecule has 0 atom stereocenters. The highest BCUT2D eigenvalue weighted by molar-refractivity contribution is 7.89. The van der Waals surface area contributed by atoms with Gasteiger partial charge in [-0.3, -0.25) is 0 Å². The SMILES string of the molecule is COc1ccc(S(=O)(=O)N2CCn3ccnc3C2)c(OC)c1. The van der Waals surface area contributed by atoms with Crippen molar-refractivity contribution < 1.29 is 17.9 Å². The molecule has 0 radical (unpaired) electrons. The standard InChI is InChI=1S/C14H17N3O4S/c1-20-11-3-4-13(12(9-11)21-2)22(18,19)17-8-7-16-6-5-15-14(16)10-17/h3-6,9H,7-8,10H2,1-2H3. The molecule has 0 saturated carbocycles. The Morgan fingerprint density at radius 2 is 2.00 bits per heavy atom. The molecule has 0 spiro atoms. The van der Waals surface area contributed by atoms with E-state index in [4.69, 9.17) is 9.47 Å². The first-order valence-electron chi connectivity index (χ1n) is 6.78. The number of nitrogens with zero attached hydrogens (tertiary/aromatic N) is 3. The van der Waals surface area contributed by atoms with E-state index in [1.165, 1.54) is 24.6 Å². The van der Waals surface area contributed by atoms with Crippen molar-refractivity contribution in [2.45, 2.75) is 18.0 Å². The van der Waals surface area contributed by atoms with Crippen LogP contribution in [-0.4, -0.2) is 43.0 Å². The molecule has 0 fully saturated rings. The molecule has 1 aromatic heterocycles. The lowest BCUT2D eigenvalue weighted by Crippen LogP contribution is -2.38. The molecule has 0 aliphatic carbocycles. The van der Waals surface area contributed by atoms with E-state index in [0.717, 1.165) is 5.82 Å². The third-order valence-corrected chi connectivity index (χ3v) is 5.58. The molecule has 118 valence electrons. The van der Waals surface area contributed by atoms with Gasteiger partial charge in [-0.25, -0.2) is 13.4 Å². The fraction of sp³-hybridized carbons (Fsp3) is 0.357. The highest BCUT2D eigenvalue weighted by Crippen LogP contribution is 2.31. The predicted molar refractivity (Wildman–Crippen MR) is 79.4 cm³/mol. The second-order valence-electron chi connectivity index (χ2n) is 4.89. The highest BCUT2D eigenvalue weighted by Gasteiger charge is 2.31. The number of sulfonamides is 1. The molecule has 7 nitrogen and oxygen atoms in total. The Hall–Kier alpha value is -2.06. The Morgan fingerprint density at radius 1 is 1.18 bits per heavy atom. The van der Waals surface area contributed by atoms with Crippen LogP contribution in [0, 0.1) is 0 Å². The van der Waals surface area contributed by atoms with Crippen molar-refractivity contribution in [1.82, 2.24) is 13.9 Å². The Morgan fingerprint density at radius 3 is 2.73 bits per heavy atom. The smallest absolute Gasteiger partial charge is 0.247 e. The number of hydrogen-bond donors (Lipinski definition) is 0. The van der Waals surface area contributed by atoms with Crippen LogP contribution in [0.15, 0.2) is 35.5 Å². The van der Waals surface area contributed by atoms with E-state index < -0.39 is 10.0 Å². The Bertz CT molecular complexity index is 785. The van der Waals surface area contributed by atoms with Gasteiger partial charge in [-0.15, -0.1) is 0 Å². The van der Waals surface area contributed by atoms with E-state index in [-0.39, 0.29) is 17.2 Å². The molecule has 3 rings (SSSR count). The summed E-state index contributed by atoms with van der Waals surface area (Å²) < 4.78 is 39.4. The van der Waals surface area contributed by atoms with Gasteiger partial charge in [-0.1, -0.05) is 0 Å². The normalized spacial score (nSPS) is 15.4. The maximum absolute atomic E-state index is 12.9. The largest absolute Gasteiger partial charge is 0.497 e. The number of imidazole rings is 1. The van der Waals surface area contributed by atoms with Crippen molar-refractivity contribution in [3.05, 3.63) is 36.4 Å². The van der Waals surface area contributed by atoms with Crippen LogP contribution >= 0.6 is 0 Å². The average Bonchev–Trinajstić information content (AvgIpc) is 3.01. The summed E-state index contributed by atoms with van der Waals surface area (Å²) in [6.45, 7) is 1.25. The molecule has 1 aliphatic rings. The molecule has 1 aliphatic heterocycles. The lowest BCUT2D eigenvalue weighted by Gasteiger charge is -2.27. The van der Waals surface area contributed by atoms with Gasteiger partial charge in [0.05, 0.1) is 20.8 Å². The zero-order valence-electron chi connectivity index (χ0n) is 12.4. The van der Waals surface area contributed by atoms with Crippen LogP contribution in [0.1, 0.15) is 5.82 Å². The minimum atomic E-state index is -3.65. The van der Waals surface area contributed by atoms with Gasteiger partial charge >= 0.3 is 0 Å². The van der Waals surface area contributed by atoms with Crippen molar-refractivity contribution in [3.8, 4) is 11.5 Å². The van der Waals surface area contributed by atoms with Gasteiger partial charge in [0.2, 0.25) is 10.0 Å². The second-order valence-corrected chi connectivity index (χ2v) is 6.80. The topological polar surface area (TPSA) is 73.7 Å². The molecule has 1 aromatic carbocycles. The summed E-state index contributed by atoms with van der Waals surface area (Å²) in [5, 5.41) is 0. The maximum Gasteiger partial charge on any atom is 0.247 e. The Kier molecular flexibility index (Phi) is 3.79. The lowest BCUT2D eigenvalue weighted by molar-refractivity contribution is 0.331.